The normalized spacial score (nSPS) is 15.6. The van der Waals surface area contributed by atoms with E-state index in [0.29, 0.717) is 47.4 Å². The minimum Gasteiger partial charge on any atom is -0.497 e. The lowest BCUT2D eigenvalue weighted by Crippen LogP contribution is -2.41. The summed E-state index contributed by atoms with van der Waals surface area (Å²) in [5, 5.41) is 0.918. The van der Waals surface area contributed by atoms with Crippen LogP contribution in [0.25, 0.3) is 10.9 Å². The number of aromatic nitrogens is 1. The lowest BCUT2D eigenvalue weighted by molar-refractivity contribution is -0.137. The number of aromatic amines is 1. The van der Waals surface area contributed by atoms with E-state index in [1.165, 1.54) is 12.0 Å². The van der Waals surface area contributed by atoms with Crippen molar-refractivity contribution in [3.63, 3.8) is 0 Å². The Kier molecular flexibility index (Phi) is 5.86. The summed E-state index contributed by atoms with van der Waals surface area (Å²) in [6.07, 6.45) is -4.30. The Labute approximate surface area is 204 Å². The Bertz CT molecular complexity index is 1460. The summed E-state index contributed by atoms with van der Waals surface area (Å²) in [5.74, 6) is -0.688. The SMILES string of the molecule is COc1ccc2[nH]c3c(c2c1)CCN(C(=O)c1cc(C(F)(F)F)ccc1F)[C@H]3c1ccccc1OC. The number of hydrogen-bond donors (Lipinski definition) is 1. The Hall–Kier alpha value is -4.01. The van der Waals surface area contributed by atoms with Crippen molar-refractivity contribution in [2.75, 3.05) is 20.8 Å². The highest BCUT2D eigenvalue weighted by atomic mass is 19.4. The Morgan fingerprint density at radius 1 is 1.03 bits per heavy atom. The van der Waals surface area contributed by atoms with Gasteiger partial charge in [0, 0.05) is 28.7 Å². The van der Waals surface area contributed by atoms with Gasteiger partial charge >= 0.3 is 6.18 Å². The van der Waals surface area contributed by atoms with Gasteiger partial charge in [0.25, 0.3) is 5.91 Å². The molecule has 3 aromatic carbocycles. The first-order chi connectivity index (χ1) is 17.2. The van der Waals surface area contributed by atoms with Crippen LogP contribution in [0.3, 0.4) is 0 Å². The van der Waals surface area contributed by atoms with E-state index in [-0.39, 0.29) is 6.54 Å². The monoisotopic (exact) mass is 498 g/mol. The van der Waals surface area contributed by atoms with Crippen molar-refractivity contribution in [3.05, 3.63) is 94.4 Å². The van der Waals surface area contributed by atoms with Crippen molar-refractivity contribution < 1.29 is 31.8 Å². The third-order valence-corrected chi connectivity index (χ3v) is 6.55. The average molecular weight is 498 g/mol. The zero-order valence-corrected chi connectivity index (χ0v) is 19.4. The molecule has 4 aromatic rings. The number of benzene rings is 3. The molecule has 0 aliphatic carbocycles. The molecule has 5 rings (SSSR count). The number of halogens is 4. The minimum absolute atomic E-state index is 0.161. The van der Waals surface area contributed by atoms with Crippen LogP contribution in [-0.2, 0) is 12.6 Å². The predicted octanol–water partition coefficient (Wildman–Crippen LogP) is 6.13. The first-order valence-corrected chi connectivity index (χ1v) is 11.2. The second-order valence-electron chi connectivity index (χ2n) is 8.51. The maximum Gasteiger partial charge on any atom is 0.416 e. The standard InChI is InChI=1S/C27H22F4N2O3/c1-35-16-8-10-22-19(14-16)17-11-12-33(25(24(17)32-22)18-5-3-4-6-23(18)36-2)26(34)20-13-15(27(29,30)31)7-9-21(20)28/h3-10,13-14,25,32H,11-12H2,1-2H3/t25-/m0/s1. The highest BCUT2D eigenvalue weighted by Crippen LogP contribution is 2.43. The van der Waals surface area contributed by atoms with Crippen molar-refractivity contribution in [2.24, 2.45) is 0 Å². The quantitative estimate of drug-likeness (QED) is 0.345. The highest BCUT2D eigenvalue weighted by molar-refractivity contribution is 5.96. The number of ether oxygens (including phenoxy) is 2. The molecule has 0 bridgehead atoms. The van der Waals surface area contributed by atoms with E-state index >= 15 is 0 Å². The Morgan fingerprint density at radius 3 is 2.53 bits per heavy atom. The topological polar surface area (TPSA) is 54.6 Å². The molecule has 0 fully saturated rings. The van der Waals surface area contributed by atoms with Gasteiger partial charge in [-0.05, 0) is 54.4 Å². The fourth-order valence-electron chi connectivity index (χ4n) is 4.85. The summed E-state index contributed by atoms with van der Waals surface area (Å²) in [7, 11) is 3.07. The van der Waals surface area contributed by atoms with E-state index in [0.717, 1.165) is 16.5 Å². The van der Waals surface area contributed by atoms with Gasteiger partial charge in [0.15, 0.2) is 0 Å². The van der Waals surface area contributed by atoms with E-state index in [4.69, 9.17) is 9.47 Å². The zero-order valence-electron chi connectivity index (χ0n) is 19.4. The third kappa shape index (κ3) is 3.94. The molecular weight excluding hydrogens is 476 g/mol. The van der Waals surface area contributed by atoms with E-state index in [9.17, 15) is 22.4 Å². The number of nitrogens with zero attached hydrogens (tertiary/aromatic N) is 1. The molecule has 5 nitrogen and oxygen atoms in total. The molecule has 2 heterocycles. The van der Waals surface area contributed by atoms with Crippen molar-refractivity contribution in [1.82, 2.24) is 9.88 Å². The summed E-state index contributed by atoms with van der Waals surface area (Å²) in [5.41, 5.74) is 1.37. The number of hydrogen-bond acceptors (Lipinski definition) is 3. The van der Waals surface area contributed by atoms with Gasteiger partial charge in [0.1, 0.15) is 23.4 Å². The Balaban J connectivity index is 1.69. The molecule has 36 heavy (non-hydrogen) atoms. The van der Waals surface area contributed by atoms with Crippen molar-refractivity contribution in [2.45, 2.75) is 18.6 Å². The van der Waals surface area contributed by atoms with Gasteiger partial charge in [-0.1, -0.05) is 18.2 Å². The van der Waals surface area contributed by atoms with Gasteiger partial charge < -0.3 is 19.4 Å². The molecular formula is C27H22F4N2O3. The average Bonchev–Trinajstić information content (AvgIpc) is 3.25. The molecule has 1 amide bonds. The Morgan fingerprint density at radius 2 is 1.81 bits per heavy atom. The second-order valence-corrected chi connectivity index (χ2v) is 8.51. The number of alkyl halides is 3. The van der Waals surface area contributed by atoms with Crippen LogP contribution in [-0.4, -0.2) is 36.6 Å². The molecule has 1 atom stereocenters. The third-order valence-electron chi connectivity index (χ3n) is 6.55. The number of fused-ring (bicyclic) bond motifs is 3. The fraction of sp³-hybridized carbons (Fsp3) is 0.222. The van der Waals surface area contributed by atoms with E-state index in [1.54, 1.807) is 31.4 Å². The van der Waals surface area contributed by atoms with Gasteiger partial charge in [0.2, 0.25) is 0 Å². The second kappa shape index (κ2) is 8.89. The van der Waals surface area contributed by atoms with Crippen molar-refractivity contribution >= 4 is 16.8 Å². The molecule has 0 spiro atoms. The van der Waals surface area contributed by atoms with Crippen LogP contribution in [0.4, 0.5) is 17.6 Å². The van der Waals surface area contributed by atoms with Crippen LogP contribution >= 0.6 is 0 Å². The summed E-state index contributed by atoms with van der Waals surface area (Å²) in [4.78, 5) is 18.4. The number of H-pyrrole nitrogens is 1. The molecule has 0 saturated heterocycles. The number of para-hydroxylation sites is 1. The van der Waals surface area contributed by atoms with E-state index < -0.39 is 35.1 Å². The van der Waals surface area contributed by atoms with Gasteiger partial charge in [-0.25, -0.2) is 4.39 Å². The van der Waals surface area contributed by atoms with Gasteiger partial charge in [-0.3, -0.25) is 4.79 Å². The largest absolute Gasteiger partial charge is 0.497 e. The summed E-state index contributed by atoms with van der Waals surface area (Å²) >= 11 is 0. The van der Waals surface area contributed by atoms with Crippen LogP contribution in [0, 0.1) is 5.82 Å². The lowest BCUT2D eigenvalue weighted by Gasteiger charge is -2.37. The fourth-order valence-corrected chi connectivity index (χ4v) is 4.85. The number of carbonyl (C=O) groups excluding carboxylic acids is 1. The van der Waals surface area contributed by atoms with Crippen molar-refractivity contribution in [3.8, 4) is 11.5 Å². The molecule has 1 N–H and O–H groups in total. The number of carbonyl (C=O) groups is 1. The van der Waals surface area contributed by atoms with Gasteiger partial charge in [0.05, 0.1) is 25.3 Å². The van der Waals surface area contributed by atoms with Crippen molar-refractivity contribution in [1.29, 1.82) is 0 Å². The van der Waals surface area contributed by atoms with Crippen LogP contribution in [0.2, 0.25) is 0 Å². The minimum atomic E-state index is -4.71. The zero-order chi connectivity index (χ0) is 25.6. The summed E-state index contributed by atoms with van der Waals surface area (Å²) < 4.78 is 65.7. The molecule has 186 valence electrons. The van der Waals surface area contributed by atoms with Crippen LogP contribution in [0.5, 0.6) is 11.5 Å². The maximum atomic E-state index is 14.7. The molecule has 9 heteroatoms. The number of amides is 1. The highest BCUT2D eigenvalue weighted by Gasteiger charge is 2.38. The molecule has 1 aromatic heterocycles. The van der Waals surface area contributed by atoms with Crippen LogP contribution < -0.4 is 9.47 Å². The lowest BCUT2D eigenvalue weighted by atomic mass is 9.91. The first kappa shape index (κ1) is 23.7. The molecule has 1 aliphatic heterocycles. The molecule has 1 aliphatic rings. The smallest absolute Gasteiger partial charge is 0.416 e. The van der Waals surface area contributed by atoms with Crippen LogP contribution in [0.1, 0.15) is 38.8 Å². The van der Waals surface area contributed by atoms with Gasteiger partial charge in [-0.15, -0.1) is 0 Å². The van der Waals surface area contributed by atoms with E-state index in [2.05, 4.69) is 4.98 Å². The number of rotatable bonds is 4. The number of methoxy groups -OCH3 is 2. The number of nitrogens with one attached hydrogen (secondary N) is 1. The molecule has 0 saturated carbocycles. The predicted molar refractivity (Wildman–Crippen MR) is 126 cm³/mol. The maximum absolute atomic E-state index is 14.7. The van der Waals surface area contributed by atoms with Gasteiger partial charge in [-0.2, -0.15) is 13.2 Å². The molecule has 0 radical (unpaired) electrons. The summed E-state index contributed by atoms with van der Waals surface area (Å²) in [6, 6.07) is 13.8. The van der Waals surface area contributed by atoms with Crippen LogP contribution in [0.15, 0.2) is 60.7 Å². The summed E-state index contributed by atoms with van der Waals surface area (Å²) in [6.45, 7) is 0.161. The first-order valence-electron chi connectivity index (χ1n) is 11.2. The molecule has 0 unspecified atom stereocenters. The van der Waals surface area contributed by atoms with E-state index in [1.807, 2.05) is 18.2 Å².